The van der Waals surface area contributed by atoms with Gasteiger partial charge in [0.1, 0.15) is 11.6 Å². The number of rotatable bonds is 2. The van der Waals surface area contributed by atoms with Gasteiger partial charge >= 0.3 is 0 Å². The molecule has 0 bridgehead atoms. The van der Waals surface area contributed by atoms with Gasteiger partial charge in [-0.25, -0.2) is 9.97 Å². The van der Waals surface area contributed by atoms with E-state index in [9.17, 15) is 4.79 Å². The third kappa shape index (κ3) is 2.76. The molecule has 2 aliphatic heterocycles. The summed E-state index contributed by atoms with van der Waals surface area (Å²) >= 11 is 6.14. The molecule has 0 unspecified atom stereocenters. The fourth-order valence-corrected chi connectivity index (χ4v) is 3.96. The molecule has 1 aromatic heterocycles. The highest BCUT2D eigenvalue weighted by Gasteiger charge is 2.37. The van der Waals surface area contributed by atoms with Crippen molar-refractivity contribution in [2.24, 2.45) is 0 Å². The molecule has 2 aromatic rings. The second-order valence-corrected chi connectivity index (χ2v) is 7.36. The van der Waals surface area contributed by atoms with Crippen LogP contribution in [0.1, 0.15) is 52.4 Å². The first-order valence-electron chi connectivity index (χ1n) is 8.64. The Labute approximate surface area is 152 Å². The van der Waals surface area contributed by atoms with Crippen LogP contribution in [0.4, 0.5) is 5.82 Å². The van der Waals surface area contributed by atoms with Crippen molar-refractivity contribution in [3.63, 3.8) is 0 Å². The van der Waals surface area contributed by atoms with Gasteiger partial charge < -0.3 is 9.80 Å². The van der Waals surface area contributed by atoms with Gasteiger partial charge in [-0.3, -0.25) is 4.79 Å². The van der Waals surface area contributed by atoms with Gasteiger partial charge in [0.25, 0.3) is 5.91 Å². The van der Waals surface area contributed by atoms with Gasteiger partial charge in [0.2, 0.25) is 0 Å². The Bertz CT molecular complexity index is 842. The number of carbonyl (C=O) groups is 1. The van der Waals surface area contributed by atoms with Gasteiger partial charge in [0, 0.05) is 29.2 Å². The second-order valence-electron chi connectivity index (χ2n) is 6.92. The molecular weight excluding hydrogens is 336 g/mol. The second kappa shape index (κ2) is 5.99. The average molecular weight is 357 g/mol. The zero-order valence-corrected chi connectivity index (χ0v) is 15.5. The van der Waals surface area contributed by atoms with E-state index in [1.54, 1.807) is 6.07 Å². The number of hydrogen-bond donors (Lipinski definition) is 0. The summed E-state index contributed by atoms with van der Waals surface area (Å²) in [5.74, 6) is 1.75. The van der Waals surface area contributed by atoms with E-state index < -0.39 is 0 Å². The molecule has 0 N–H and O–H groups in total. The standard InChI is InChI=1S/C19H21ClN4O/c1-11-7-14(9-15(20)8-11)19(25)24-10-16-17(12(24)2)18(22-13(3)21-16)23-5-4-6-23/h7-9,12H,4-6,10H2,1-3H3/t12-/m1/s1. The maximum Gasteiger partial charge on any atom is 0.254 e. The highest BCUT2D eigenvalue weighted by Crippen LogP contribution is 2.40. The molecule has 130 valence electrons. The summed E-state index contributed by atoms with van der Waals surface area (Å²) in [4.78, 5) is 26.5. The number of carbonyl (C=O) groups excluding carboxylic acids is 1. The summed E-state index contributed by atoms with van der Waals surface area (Å²) in [5.41, 5.74) is 3.67. The Morgan fingerprint density at radius 2 is 1.96 bits per heavy atom. The van der Waals surface area contributed by atoms with Crippen molar-refractivity contribution in [1.82, 2.24) is 14.9 Å². The van der Waals surface area contributed by atoms with E-state index in [0.29, 0.717) is 17.1 Å². The van der Waals surface area contributed by atoms with Gasteiger partial charge in [-0.1, -0.05) is 11.6 Å². The number of aromatic nitrogens is 2. The van der Waals surface area contributed by atoms with Crippen LogP contribution in [0.2, 0.25) is 5.02 Å². The lowest BCUT2D eigenvalue weighted by Crippen LogP contribution is -2.39. The largest absolute Gasteiger partial charge is 0.356 e. The molecule has 0 spiro atoms. The molecule has 1 fully saturated rings. The monoisotopic (exact) mass is 356 g/mol. The maximum absolute atomic E-state index is 13.1. The Hall–Kier alpha value is -2.14. The van der Waals surface area contributed by atoms with Crippen LogP contribution in [0.15, 0.2) is 18.2 Å². The molecule has 0 aliphatic carbocycles. The predicted molar refractivity (Wildman–Crippen MR) is 98.1 cm³/mol. The SMILES string of the molecule is Cc1cc(Cl)cc(C(=O)N2Cc3nc(C)nc(N4CCC4)c3[C@H]2C)c1. The molecule has 0 saturated carbocycles. The summed E-state index contributed by atoms with van der Waals surface area (Å²) < 4.78 is 0. The van der Waals surface area contributed by atoms with Gasteiger partial charge in [-0.15, -0.1) is 0 Å². The van der Waals surface area contributed by atoms with Gasteiger partial charge in [0.15, 0.2) is 0 Å². The molecule has 1 amide bonds. The number of benzene rings is 1. The molecular formula is C19H21ClN4O. The third-order valence-corrected chi connectivity index (χ3v) is 5.25. The molecule has 1 saturated heterocycles. The van der Waals surface area contributed by atoms with Crippen molar-refractivity contribution in [2.75, 3.05) is 18.0 Å². The Kier molecular flexibility index (Phi) is 3.91. The number of aryl methyl sites for hydroxylation is 2. The minimum Gasteiger partial charge on any atom is -0.356 e. The van der Waals surface area contributed by atoms with Crippen LogP contribution in [-0.2, 0) is 6.54 Å². The van der Waals surface area contributed by atoms with Gasteiger partial charge in [-0.05, 0) is 51.0 Å². The number of anilines is 1. The zero-order chi connectivity index (χ0) is 17.7. The summed E-state index contributed by atoms with van der Waals surface area (Å²) in [6, 6.07) is 5.44. The van der Waals surface area contributed by atoms with Crippen LogP contribution in [0.5, 0.6) is 0 Å². The molecule has 4 rings (SSSR count). The molecule has 0 radical (unpaired) electrons. The van der Waals surface area contributed by atoms with Crippen LogP contribution in [0.25, 0.3) is 0 Å². The van der Waals surface area contributed by atoms with Crippen molar-refractivity contribution >= 4 is 23.3 Å². The van der Waals surface area contributed by atoms with E-state index in [1.165, 1.54) is 6.42 Å². The van der Waals surface area contributed by atoms with Crippen molar-refractivity contribution < 1.29 is 4.79 Å². The van der Waals surface area contributed by atoms with Crippen molar-refractivity contribution in [3.8, 4) is 0 Å². The third-order valence-electron chi connectivity index (χ3n) is 5.03. The van der Waals surface area contributed by atoms with Gasteiger partial charge in [0.05, 0.1) is 18.3 Å². The van der Waals surface area contributed by atoms with Crippen molar-refractivity contribution in [2.45, 2.75) is 39.8 Å². The van der Waals surface area contributed by atoms with Crippen LogP contribution >= 0.6 is 11.6 Å². The number of fused-ring (bicyclic) bond motifs is 1. The topological polar surface area (TPSA) is 49.3 Å². The Morgan fingerprint density at radius 3 is 2.60 bits per heavy atom. The quantitative estimate of drug-likeness (QED) is 0.823. The number of halogens is 1. The summed E-state index contributed by atoms with van der Waals surface area (Å²) in [5, 5.41) is 0.588. The molecule has 3 heterocycles. The summed E-state index contributed by atoms with van der Waals surface area (Å²) in [7, 11) is 0. The van der Waals surface area contributed by atoms with E-state index in [4.69, 9.17) is 11.6 Å². The first kappa shape index (κ1) is 16.3. The number of hydrogen-bond acceptors (Lipinski definition) is 4. The lowest BCUT2D eigenvalue weighted by atomic mass is 10.1. The summed E-state index contributed by atoms with van der Waals surface area (Å²) in [6.07, 6.45) is 1.19. The predicted octanol–water partition coefficient (Wildman–Crippen LogP) is 3.67. The molecule has 1 aromatic carbocycles. The van der Waals surface area contributed by atoms with Crippen LogP contribution in [-0.4, -0.2) is 33.9 Å². The fourth-order valence-electron chi connectivity index (χ4n) is 3.67. The molecule has 25 heavy (non-hydrogen) atoms. The smallest absolute Gasteiger partial charge is 0.254 e. The molecule has 2 aliphatic rings. The Balaban J connectivity index is 1.70. The number of nitrogens with zero attached hydrogens (tertiary/aromatic N) is 4. The van der Waals surface area contributed by atoms with E-state index >= 15 is 0 Å². The highest BCUT2D eigenvalue weighted by atomic mass is 35.5. The zero-order valence-electron chi connectivity index (χ0n) is 14.7. The molecule has 5 nitrogen and oxygen atoms in total. The average Bonchev–Trinajstić information content (AvgIpc) is 2.80. The lowest BCUT2D eigenvalue weighted by Gasteiger charge is -2.34. The summed E-state index contributed by atoms with van der Waals surface area (Å²) in [6.45, 7) is 8.49. The van der Waals surface area contributed by atoms with Crippen molar-refractivity contribution in [3.05, 3.63) is 51.4 Å². The van der Waals surface area contributed by atoms with E-state index in [2.05, 4.69) is 21.8 Å². The first-order valence-corrected chi connectivity index (χ1v) is 9.02. The fraction of sp³-hybridized carbons (Fsp3) is 0.421. The van der Waals surface area contributed by atoms with Crippen molar-refractivity contribution in [1.29, 1.82) is 0 Å². The minimum atomic E-state index is -0.0435. The van der Waals surface area contributed by atoms with Crippen LogP contribution in [0.3, 0.4) is 0 Å². The van der Waals surface area contributed by atoms with E-state index in [1.807, 2.05) is 30.9 Å². The maximum atomic E-state index is 13.1. The Morgan fingerprint density at radius 1 is 1.20 bits per heavy atom. The number of amides is 1. The van der Waals surface area contributed by atoms with Crippen LogP contribution < -0.4 is 4.90 Å². The van der Waals surface area contributed by atoms with E-state index in [-0.39, 0.29) is 11.9 Å². The molecule has 1 atom stereocenters. The molecule has 6 heteroatoms. The minimum absolute atomic E-state index is 0.0108. The lowest BCUT2D eigenvalue weighted by molar-refractivity contribution is 0.0704. The first-order chi connectivity index (χ1) is 11.9. The van der Waals surface area contributed by atoms with E-state index in [0.717, 1.165) is 41.6 Å². The van der Waals surface area contributed by atoms with Crippen LogP contribution in [0, 0.1) is 13.8 Å². The highest BCUT2D eigenvalue weighted by molar-refractivity contribution is 6.31. The normalized spacial score (nSPS) is 19.0. The van der Waals surface area contributed by atoms with Gasteiger partial charge in [-0.2, -0.15) is 0 Å².